The Kier molecular flexibility index (Phi) is 11.8. The van der Waals surface area contributed by atoms with E-state index in [4.69, 9.17) is 15.2 Å². The number of primary amides is 1. The zero-order valence-electron chi connectivity index (χ0n) is 33.2. The molecule has 2 atom stereocenters. The molecule has 300 valence electrons. The summed E-state index contributed by atoms with van der Waals surface area (Å²) in [5.41, 5.74) is 14.1. The number of rotatable bonds is 8. The number of piperazine rings is 1. The van der Waals surface area contributed by atoms with Crippen molar-refractivity contribution in [2.45, 2.75) is 95.3 Å². The second-order valence-electron chi connectivity index (χ2n) is 16.8. The molecule has 3 heterocycles. The zero-order chi connectivity index (χ0) is 38.8. The molecule has 0 aromatic heterocycles. The van der Waals surface area contributed by atoms with Crippen molar-refractivity contribution >= 4 is 23.2 Å². The van der Waals surface area contributed by atoms with Crippen molar-refractivity contribution in [2.24, 2.45) is 5.73 Å². The van der Waals surface area contributed by atoms with Gasteiger partial charge in [-0.3, -0.25) is 14.5 Å². The number of likely N-dealkylation sites (N-methyl/N-ethyl adjacent to an activating group) is 1. The van der Waals surface area contributed by atoms with Gasteiger partial charge in [-0.15, -0.1) is 0 Å². The first-order valence-electron chi connectivity index (χ1n) is 21.0. The zero-order valence-corrected chi connectivity index (χ0v) is 33.2. The van der Waals surface area contributed by atoms with Crippen molar-refractivity contribution in [2.75, 3.05) is 75.9 Å². The molecule has 0 spiro atoms. The molecule has 3 aromatic carbocycles. The number of aryl methyl sites for hydroxylation is 1. The number of carbonyl (C=O) groups excluding carboxylic acids is 2. The number of carbonyl (C=O) groups is 2. The molecule has 0 bridgehead atoms. The number of nitrogens with one attached hydrogen (secondary N) is 1. The molecular weight excluding hydrogens is 708 g/mol. The monoisotopic (exact) mass is 766 g/mol. The average molecular weight is 767 g/mol. The predicted molar refractivity (Wildman–Crippen MR) is 219 cm³/mol. The van der Waals surface area contributed by atoms with Crippen LogP contribution < -0.4 is 25.6 Å². The van der Waals surface area contributed by atoms with Crippen LogP contribution in [-0.4, -0.2) is 112 Å². The summed E-state index contributed by atoms with van der Waals surface area (Å²) in [6.45, 7) is 10.4. The van der Waals surface area contributed by atoms with E-state index in [1.807, 2.05) is 12.1 Å². The number of morpholine rings is 1. The first kappa shape index (κ1) is 38.7. The maximum Gasteiger partial charge on any atom is 0.251 e. The summed E-state index contributed by atoms with van der Waals surface area (Å²) in [4.78, 5) is 34.6. The Morgan fingerprint density at radius 1 is 0.786 bits per heavy atom. The molecule has 0 radical (unpaired) electrons. The van der Waals surface area contributed by atoms with Gasteiger partial charge < -0.3 is 35.2 Å². The number of halogens is 1. The molecular formula is C45H59FN6O4. The number of nitrogens with zero attached hydrogens (tertiary/aromatic N) is 4. The van der Waals surface area contributed by atoms with Crippen LogP contribution in [0.5, 0.6) is 5.75 Å². The van der Waals surface area contributed by atoms with E-state index in [1.54, 1.807) is 0 Å². The van der Waals surface area contributed by atoms with E-state index in [-0.39, 0.29) is 23.7 Å². The van der Waals surface area contributed by atoms with Crippen molar-refractivity contribution in [1.29, 1.82) is 0 Å². The lowest BCUT2D eigenvalue weighted by atomic mass is 9.82. The molecule has 11 heteroatoms. The molecule has 3 N–H and O–H groups in total. The molecule has 4 fully saturated rings. The number of hydrogen-bond acceptors (Lipinski definition) is 8. The number of nitrogens with two attached hydrogens (primary N) is 1. The van der Waals surface area contributed by atoms with Crippen molar-refractivity contribution in [3.05, 3.63) is 87.7 Å². The summed E-state index contributed by atoms with van der Waals surface area (Å²) in [6, 6.07) is 17.0. The van der Waals surface area contributed by atoms with E-state index in [0.717, 1.165) is 83.0 Å². The quantitative estimate of drug-likeness (QED) is 0.310. The maximum atomic E-state index is 14.0. The summed E-state index contributed by atoms with van der Waals surface area (Å²) in [5, 5.41) is 3.33. The predicted octanol–water partition coefficient (Wildman–Crippen LogP) is 5.51. The Morgan fingerprint density at radius 3 is 2.12 bits per heavy atom. The Balaban J connectivity index is 0.000000168. The average Bonchev–Trinajstić information content (AvgIpc) is 3.17. The van der Waals surface area contributed by atoms with Gasteiger partial charge in [0.15, 0.2) is 11.6 Å². The molecule has 9 rings (SSSR count). The smallest absolute Gasteiger partial charge is 0.251 e. The van der Waals surface area contributed by atoms with E-state index in [0.29, 0.717) is 36.2 Å². The first-order valence-corrected chi connectivity index (χ1v) is 21.0. The first-order chi connectivity index (χ1) is 27.2. The molecule has 0 unspecified atom stereocenters. The van der Waals surface area contributed by atoms with E-state index in [2.05, 4.69) is 63.2 Å². The SMILES string of the molecule is Cc1ccc(N2CCN(C)CC2)c2c1CC[C@@H](NC(=O)c1ccc(N3CCOCC3)cc1)C2.NC(=O)c1ccc(F)c2c1C[C@@H](N(C1CCC1)C1CCC1)CO2. The molecule has 3 aromatic rings. The summed E-state index contributed by atoms with van der Waals surface area (Å²) >= 11 is 0. The molecule has 3 aliphatic carbocycles. The Morgan fingerprint density at radius 2 is 1.48 bits per heavy atom. The standard InChI is InChI=1S/C27H36N4O2.C18H23FN2O2/c1-20-3-10-26(31-13-11-29(2)12-14-31)25-19-22(6-9-24(20)25)28-27(32)21-4-7-23(8-5-21)30-15-17-33-18-16-30;19-16-8-7-14(18(20)22)15-9-13(10-23-17(15)16)21(11-3-1-4-11)12-5-2-6-12/h3-5,7-8,10,22H,6,9,11-19H2,1-2H3,(H,28,32);7-8,11-13H,1-6,9-10H2,(H2,20,22)/t22-;13-/m11/s1. The van der Waals surface area contributed by atoms with Crippen molar-refractivity contribution in [3.63, 3.8) is 0 Å². The minimum Gasteiger partial charge on any atom is -0.489 e. The van der Waals surface area contributed by atoms with Gasteiger partial charge in [0.1, 0.15) is 6.61 Å². The van der Waals surface area contributed by atoms with Gasteiger partial charge in [-0.05, 0) is 124 Å². The van der Waals surface area contributed by atoms with E-state index in [1.165, 1.54) is 73.0 Å². The highest BCUT2D eigenvalue weighted by Gasteiger charge is 2.41. The second kappa shape index (κ2) is 17.1. The van der Waals surface area contributed by atoms with E-state index < -0.39 is 11.7 Å². The van der Waals surface area contributed by atoms with Gasteiger partial charge in [0.05, 0.1) is 13.2 Å². The summed E-state index contributed by atoms with van der Waals surface area (Å²) in [7, 11) is 2.20. The molecule has 2 amide bonds. The Hall–Kier alpha value is -4.19. The normalized spacial score (nSPS) is 22.8. The van der Waals surface area contributed by atoms with Crippen molar-refractivity contribution in [1.82, 2.24) is 15.1 Å². The molecule has 2 saturated carbocycles. The van der Waals surface area contributed by atoms with Crippen LogP contribution in [0.2, 0.25) is 0 Å². The Labute approximate surface area is 331 Å². The lowest BCUT2D eigenvalue weighted by molar-refractivity contribution is -0.0194. The topological polar surface area (TPSA) is 104 Å². The highest BCUT2D eigenvalue weighted by atomic mass is 19.1. The fourth-order valence-corrected chi connectivity index (χ4v) is 9.54. The largest absolute Gasteiger partial charge is 0.489 e. The van der Waals surface area contributed by atoms with Gasteiger partial charge in [-0.25, -0.2) is 4.39 Å². The van der Waals surface area contributed by atoms with E-state index >= 15 is 0 Å². The number of amides is 2. The minimum absolute atomic E-state index is 0.0331. The summed E-state index contributed by atoms with van der Waals surface area (Å²) in [6.07, 6.45) is 11.1. The van der Waals surface area contributed by atoms with Crippen LogP contribution in [0.25, 0.3) is 0 Å². The number of fused-ring (bicyclic) bond motifs is 2. The molecule has 2 saturated heterocycles. The molecule has 3 aliphatic heterocycles. The second-order valence-corrected chi connectivity index (χ2v) is 16.8. The fourth-order valence-electron chi connectivity index (χ4n) is 9.54. The number of anilines is 2. The molecule has 10 nitrogen and oxygen atoms in total. The number of benzene rings is 3. The van der Waals surface area contributed by atoms with E-state index in [9.17, 15) is 14.0 Å². The van der Waals surface area contributed by atoms with Crippen LogP contribution in [0.4, 0.5) is 15.8 Å². The van der Waals surface area contributed by atoms with Crippen LogP contribution in [-0.2, 0) is 24.0 Å². The van der Waals surface area contributed by atoms with Gasteiger partial charge in [-0.2, -0.15) is 0 Å². The van der Waals surface area contributed by atoms with Gasteiger partial charge >= 0.3 is 0 Å². The van der Waals surface area contributed by atoms with Crippen molar-refractivity contribution in [3.8, 4) is 5.75 Å². The molecule has 56 heavy (non-hydrogen) atoms. The Bertz CT molecular complexity index is 1850. The van der Waals surface area contributed by atoms with Crippen LogP contribution in [0, 0.1) is 12.7 Å². The third kappa shape index (κ3) is 8.27. The van der Waals surface area contributed by atoms with Crippen LogP contribution in [0.3, 0.4) is 0 Å². The number of ether oxygens (including phenoxy) is 2. The third-order valence-corrected chi connectivity index (χ3v) is 13.3. The molecule has 6 aliphatic rings. The summed E-state index contributed by atoms with van der Waals surface area (Å²) in [5.74, 6) is -0.655. The van der Waals surface area contributed by atoms with Gasteiger partial charge in [0.25, 0.3) is 5.91 Å². The summed E-state index contributed by atoms with van der Waals surface area (Å²) < 4.78 is 25.2. The van der Waals surface area contributed by atoms with Gasteiger partial charge in [0.2, 0.25) is 5.91 Å². The van der Waals surface area contributed by atoms with Gasteiger partial charge in [0, 0.05) is 91.5 Å². The third-order valence-electron chi connectivity index (χ3n) is 13.3. The van der Waals surface area contributed by atoms with Crippen LogP contribution in [0.1, 0.15) is 87.9 Å². The van der Waals surface area contributed by atoms with Gasteiger partial charge in [-0.1, -0.05) is 18.9 Å². The van der Waals surface area contributed by atoms with Crippen LogP contribution >= 0.6 is 0 Å². The number of hydrogen-bond donors (Lipinski definition) is 2. The fraction of sp³-hybridized carbons (Fsp3) is 0.556. The lowest BCUT2D eigenvalue weighted by Gasteiger charge is -2.51. The highest BCUT2D eigenvalue weighted by molar-refractivity contribution is 5.95. The van der Waals surface area contributed by atoms with Crippen LogP contribution in [0.15, 0.2) is 48.5 Å². The maximum absolute atomic E-state index is 14.0. The lowest BCUT2D eigenvalue weighted by Crippen LogP contribution is -2.57. The highest BCUT2D eigenvalue weighted by Crippen LogP contribution is 2.40. The van der Waals surface area contributed by atoms with Crippen molar-refractivity contribution < 1.29 is 23.5 Å². The minimum atomic E-state index is -0.510.